The van der Waals surface area contributed by atoms with Crippen LogP contribution in [0.15, 0.2) is 47.4 Å². The van der Waals surface area contributed by atoms with Crippen molar-refractivity contribution in [2.24, 2.45) is 0 Å². The maximum Gasteiger partial charge on any atom is 0.257 e. The van der Waals surface area contributed by atoms with Gasteiger partial charge in [-0.05, 0) is 29.8 Å². The molecule has 0 bridgehead atoms. The van der Waals surface area contributed by atoms with E-state index in [1.807, 2.05) is 12.3 Å². The SMILES string of the molecule is Nc1nc2c(c(=O)[nH]1)CN(Cc1cccn1Cc1ccc(F)cc1)CC2. The Kier molecular flexibility index (Phi) is 4.30. The number of aromatic amines is 1. The number of H-pyrrole nitrogens is 1. The van der Waals surface area contributed by atoms with E-state index in [1.54, 1.807) is 12.1 Å². The Morgan fingerprint density at radius 2 is 2.00 bits per heavy atom. The van der Waals surface area contributed by atoms with Gasteiger partial charge < -0.3 is 10.3 Å². The van der Waals surface area contributed by atoms with E-state index < -0.39 is 0 Å². The Morgan fingerprint density at radius 1 is 1.19 bits per heavy atom. The Balaban J connectivity index is 1.49. The fraction of sp³-hybridized carbons (Fsp3) is 0.263. The van der Waals surface area contributed by atoms with Crippen molar-refractivity contribution in [3.63, 3.8) is 0 Å². The fourth-order valence-electron chi connectivity index (χ4n) is 3.40. The molecule has 134 valence electrons. The summed E-state index contributed by atoms with van der Waals surface area (Å²) in [6.45, 7) is 2.80. The predicted molar refractivity (Wildman–Crippen MR) is 97.0 cm³/mol. The van der Waals surface area contributed by atoms with Crippen LogP contribution < -0.4 is 11.3 Å². The quantitative estimate of drug-likeness (QED) is 0.751. The van der Waals surface area contributed by atoms with E-state index in [4.69, 9.17) is 5.73 Å². The number of hydrogen-bond acceptors (Lipinski definition) is 4. The molecule has 1 aromatic carbocycles. The number of nitrogens with one attached hydrogen (secondary N) is 1. The summed E-state index contributed by atoms with van der Waals surface area (Å²) in [6.07, 6.45) is 2.73. The van der Waals surface area contributed by atoms with Crippen LogP contribution in [0, 0.1) is 5.82 Å². The highest BCUT2D eigenvalue weighted by Crippen LogP contribution is 2.18. The van der Waals surface area contributed by atoms with Crippen molar-refractivity contribution in [1.29, 1.82) is 0 Å². The highest BCUT2D eigenvalue weighted by Gasteiger charge is 2.21. The first-order valence-corrected chi connectivity index (χ1v) is 8.57. The normalized spacial score (nSPS) is 14.3. The van der Waals surface area contributed by atoms with Gasteiger partial charge in [0.1, 0.15) is 5.82 Å². The van der Waals surface area contributed by atoms with E-state index in [0.717, 1.165) is 30.0 Å². The number of hydrogen-bond donors (Lipinski definition) is 2. The molecule has 0 saturated carbocycles. The van der Waals surface area contributed by atoms with Crippen LogP contribution in [0.4, 0.5) is 10.3 Å². The van der Waals surface area contributed by atoms with Gasteiger partial charge in [0.15, 0.2) is 0 Å². The molecule has 0 radical (unpaired) electrons. The minimum absolute atomic E-state index is 0.154. The van der Waals surface area contributed by atoms with Crippen molar-refractivity contribution in [2.75, 3.05) is 12.3 Å². The summed E-state index contributed by atoms with van der Waals surface area (Å²) in [7, 11) is 0. The molecule has 1 aliphatic rings. The predicted octanol–water partition coefficient (Wildman–Crippen LogP) is 1.90. The monoisotopic (exact) mass is 353 g/mol. The average molecular weight is 353 g/mol. The van der Waals surface area contributed by atoms with Crippen LogP contribution in [0.1, 0.15) is 22.5 Å². The molecule has 0 aliphatic carbocycles. The number of anilines is 1. The van der Waals surface area contributed by atoms with Gasteiger partial charge in [-0.15, -0.1) is 0 Å². The molecule has 0 amide bonds. The zero-order valence-corrected chi connectivity index (χ0v) is 14.3. The molecule has 4 rings (SSSR count). The van der Waals surface area contributed by atoms with Crippen LogP contribution in [-0.2, 0) is 26.1 Å². The van der Waals surface area contributed by atoms with Crippen LogP contribution in [0.2, 0.25) is 0 Å². The molecule has 26 heavy (non-hydrogen) atoms. The second-order valence-corrected chi connectivity index (χ2v) is 6.59. The van der Waals surface area contributed by atoms with Crippen molar-refractivity contribution in [2.45, 2.75) is 26.1 Å². The Hall–Kier alpha value is -2.93. The molecule has 7 heteroatoms. The zero-order chi connectivity index (χ0) is 18.1. The summed E-state index contributed by atoms with van der Waals surface area (Å²) in [5.74, 6) is -0.0525. The molecule has 0 fully saturated rings. The highest BCUT2D eigenvalue weighted by atomic mass is 19.1. The van der Waals surface area contributed by atoms with Crippen LogP contribution in [0.3, 0.4) is 0 Å². The lowest BCUT2D eigenvalue weighted by Crippen LogP contribution is -2.36. The summed E-state index contributed by atoms with van der Waals surface area (Å²) < 4.78 is 15.2. The molecule has 0 spiro atoms. The molecular weight excluding hydrogens is 333 g/mol. The second-order valence-electron chi connectivity index (χ2n) is 6.59. The average Bonchev–Trinajstić information content (AvgIpc) is 3.04. The van der Waals surface area contributed by atoms with Gasteiger partial charge in [-0.2, -0.15) is 0 Å². The van der Waals surface area contributed by atoms with Gasteiger partial charge in [0.25, 0.3) is 5.56 Å². The molecule has 6 nitrogen and oxygen atoms in total. The van der Waals surface area contributed by atoms with Gasteiger partial charge in [0.2, 0.25) is 5.95 Å². The van der Waals surface area contributed by atoms with E-state index >= 15 is 0 Å². The lowest BCUT2D eigenvalue weighted by molar-refractivity contribution is 0.236. The Bertz CT molecular complexity index is 976. The zero-order valence-electron chi connectivity index (χ0n) is 14.3. The number of nitrogens with zero attached hydrogens (tertiary/aromatic N) is 3. The van der Waals surface area contributed by atoms with Gasteiger partial charge in [-0.1, -0.05) is 12.1 Å². The van der Waals surface area contributed by atoms with E-state index in [0.29, 0.717) is 25.1 Å². The number of benzene rings is 1. The summed E-state index contributed by atoms with van der Waals surface area (Å²) >= 11 is 0. The third-order valence-corrected chi connectivity index (χ3v) is 4.74. The first-order chi connectivity index (χ1) is 12.6. The smallest absolute Gasteiger partial charge is 0.257 e. The van der Waals surface area contributed by atoms with E-state index in [2.05, 4.69) is 25.5 Å². The fourth-order valence-corrected chi connectivity index (χ4v) is 3.40. The van der Waals surface area contributed by atoms with Gasteiger partial charge in [0, 0.05) is 44.5 Å². The van der Waals surface area contributed by atoms with Crippen LogP contribution in [0.25, 0.3) is 0 Å². The van der Waals surface area contributed by atoms with Crippen molar-refractivity contribution >= 4 is 5.95 Å². The summed E-state index contributed by atoms with van der Waals surface area (Å²) in [5.41, 5.74) is 9.16. The minimum atomic E-state index is -0.229. The Labute approximate surface area is 150 Å². The van der Waals surface area contributed by atoms with Crippen LogP contribution in [0.5, 0.6) is 0 Å². The molecular formula is C19H20FN5O. The van der Waals surface area contributed by atoms with Gasteiger partial charge in [-0.25, -0.2) is 9.37 Å². The van der Waals surface area contributed by atoms with Crippen molar-refractivity contribution in [3.8, 4) is 0 Å². The lowest BCUT2D eigenvalue weighted by atomic mass is 10.1. The first-order valence-electron chi connectivity index (χ1n) is 8.57. The topological polar surface area (TPSA) is 79.9 Å². The lowest BCUT2D eigenvalue weighted by Gasteiger charge is -2.27. The number of aromatic nitrogens is 3. The van der Waals surface area contributed by atoms with Gasteiger partial charge in [-0.3, -0.25) is 14.7 Å². The summed E-state index contributed by atoms with van der Waals surface area (Å²) in [5, 5.41) is 0. The third-order valence-electron chi connectivity index (χ3n) is 4.74. The molecule has 0 saturated heterocycles. The minimum Gasteiger partial charge on any atom is -0.369 e. The number of nitrogens with two attached hydrogens (primary N) is 1. The van der Waals surface area contributed by atoms with E-state index in [-0.39, 0.29) is 17.3 Å². The largest absolute Gasteiger partial charge is 0.369 e. The summed E-state index contributed by atoms with van der Waals surface area (Å²) in [6, 6.07) is 10.6. The molecule has 3 N–H and O–H groups in total. The molecule has 0 unspecified atom stereocenters. The number of halogens is 1. The van der Waals surface area contributed by atoms with E-state index in [9.17, 15) is 9.18 Å². The number of rotatable bonds is 4. The highest BCUT2D eigenvalue weighted by molar-refractivity contribution is 5.27. The van der Waals surface area contributed by atoms with Crippen LogP contribution in [-0.4, -0.2) is 26.0 Å². The Morgan fingerprint density at radius 3 is 2.81 bits per heavy atom. The maximum absolute atomic E-state index is 13.1. The second kappa shape index (κ2) is 6.76. The van der Waals surface area contributed by atoms with Gasteiger partial charge >= 0.3 is 0 Å². The standard InChI is InChI=1S/C19H20FN5O/c20-14-5-3-13(4-6-14)10-25-8-1-2-15(25)11-24-9-7-17-16(12-24)18(26)23-19(21)22-17/h1-6,8H,7,9-12H2,(H3,21,22,23,26). The number of fused-ring (bicyclic) bond motifs is 1. The first kappa shape index (κ1) is 16.5. The van der Waals surface area contributed by atoms with E-state index in [1.165, 1.54) is 12.1 Å². The van der Waals surface area contributed by atoms with Crippen molar-refractivity contribution in [3.05, 3.63) is 81.3 Å². The van der Waals surface area contributed by atoms with Crippen molar-refractivity contribution < 1.29 is 4.39 Å². The molecule has 0 atom stereocenters. The number of nitrogen functional groups attached to an aromatic ring is 1. The molecule has 2 aromatic heterocycles. The molecule has 1 aliphatic heterocycles. The van der Waals surface area contributed by atoms with Gasteiger partial charge in [0.05, 0.1) is 11.3 Å². The van der Waals surface area contributed by atoms with Crippen molar-refractivity contribution in [1.82, 2.24) is 19.4 Å². The summed E-state index contributed by atoms with van der Waals surface area (Å²) in [4.78, 5) is 21.2. The molecule has 3 aromatic rings. The maximum atomic E-state index is 13.1. The van der Waals surface area contributed by atoms with Crippen LogP contribution >= 0.6 is 0 Å². The third kappa shape index (κ3) is 3.39. The molecule has 3 heterocycles.